The summed E-state index contributed by atoms with van der Waals surface area (Å²) in [5.41, 5.74) is 0.605. The van der Waals surface area contributed by atoms with Crippen LogP contribution in [0.4, 0.5) is 4.39 Å². The van der Waals surface area contributed by atoms with Crippen molar-refractivity contribution in [3.05, 3.63) is 35.6 Å². The number of carbonyl (C=O) groups excluding carboxylic acids is 1. The molecule has 82 valence electrons. The van der Waals surface area contributed by atoms with Gasteiger partial charge in [-0.15, -0.1) is 0 Å². The van der Waals surface area contributed by atoms with Crippen molar-refractivity contribution in [2.24, 2.45) is 0 Å². The summed E-state index contributed by atoms with van der Waals surface area (Å²) in [7, 11) is 0. The van der Waals surface area contributed by atoms with Gasteiger partial charge in [0.2, 0.25) is 0 Å². The monoisotopic (exact) mass is 226 g/mol. The van der Waals surface area contributed by atoms with Gasteiger partial charge in [-0.1, -0.05) is 6.92 Å². The summed E-state index contributed by atoms with van der Waals surface area (Å²) in [5.74, 6) is 1.74. The summed E-state index contributed by atoms with van der Waals surface area (Å²) < 4.78 is 12.6. The van der Waals surface area contributed by atoms with Crippen molar-refractivity contribution in [1.82, 2.24) is 0 Å². The molecule has 0 fully saturated rings. The Morgan fingerprint density at radius 1 is 1.27 bits per heavy atom. The average Bonchev–Trinajstić information content (AvgIpc) is 2.25. The lowest BCUT2D eigenvalue weighted by Crippen LogP contribution is -2.00. The van der Waals surface area contributed by atoms with Gasteiger partial charge < -0.3 is 0 Å². The molecule has 0 radical (unpaired) electrons. The Morgan fingerprint density at radius 2 is 1.93 bits per heavy atom. The maximum Gasteiger partial charge on any atom is 0.163 e. The standard InChI is InChI=1S/C12H15FOS/c1-2-8-15-9-7-12(14)10-3-5-11(13)6-4-10/h3-6H,2,7-9H2,1H3. The molecule has 1 rings (SSSR count). The summed E-state index contributed by atoms with van der Waals surface area (Å²) >= 11 is 1.78. The fourth-order valence-corrected chi connectivity index (χ4v) is 2.01. The van der Waals surface area contributed by atoms with Crippen molar-refractivity contribution in [3.63, 3.8) is 0 Å². The number of hydrogen-bond acceptors (Lipinski definition) is 2. The van der Waals surface area contributed by atoms with Gasteiger partial charge in [0, 0.05) is 17.7 Å². The quantitative estimate of drug-likeness (QED) is 0.545. The zero-order valence-corrected chi connectivity index (χ0v) is 9.65. The molecule has 0 unspecified atom stereocenters. The minimum absolute atomic E-state index is 0.0959. The van der Waals surface area contributed by atoms with Crippen LogP contribution < -0.4 is 0 Å². The highest BCUT2D eigenvalue weighted by atomic mass is 32.2. The summed E-state index contributed by atoms with van der Waals surface area (Å²) in [6, 6.07) is 5.74. The van der Waals surface area contributed by atoms with E-state index in [9.17, 15) is 9.18 Å². The smallest absolute Gasteiger partial charge is 0.163 e. The maximum atomic E-state index is 12.6. The van der Waals surface area contributed by atoms with Crippen LogP contribution in [0.1, 0.15) is 30.1 Å². The number of halogens is 1. The van der Waals surface area contributed by atoms with Crippen LogP contribution in [0.25, 0.3) is 0 Å². The van der Waals surface area contributed by atoms with Gasteiger partial charge in [0.1, 0.15) is 5.82 Å². The van der Waals surface area contributed by atoms with E-state index >= 15 is 0 Å². The van der Waals surface area contributed by atoms with Gasteiger partial charge in [-0.2, -0.15) is 11.8 Å². The largest absolute Gasteiger partial charge is 0.294 e. The third kappa shape index (κ3) is 4.47. The van der Waals surface area contributed by atoms with Crippen LogP contribution in [0.5, 0.6) is 0 Å². The molecule has 0 aliphatic heterocycles. The zero-order chi connectivity index (χ0) is 11.1. The molecular formula is C12H15FOS. The maximum absolute atomic E-state index is 12.6. The molecule has 0 amide bonds. The number of carbonyl (C=O) groups is 1. The Bertz CT molecular complexity index is 308. The van der Waals surface area contributed by atoms with E-state index in [0.29, 0.717) is 12.0 Å². The molecule has 0 heterocycles. The summed E-state index contributed by atoms with van der Waals surface area (Å²) in [5, 5.41) is 0. The first-order valence-corrected chi connectivity index (χ1v) is 6.26. The molecule has 0 spiro atoms. The van der Waals surface area contributed by atoms with Crippen molar-refractivity contribution in [1.29, 1.82) is 0 Å². The normalized spacial score (nSPS) is 10.3. The second-order valence-corrected chi connectivity index (χ2v) is 4.52. The van der Waals surface area contributed by atoms with Gasteiger partial charge in [0.25, 0.3) is 0 Å². The number of hydrogen-bond donors (Lipinski definition) is 0. The van der Waals surface area contributed by atoms with Gasteiger partial charge in [-0.25, -0.2) is 4.39 Å². The van der Waals surface area contributed by atoms with Gasteiger partial charge in [-0.05, 0) is 36.4 Å². The first-order chi connectivity index (χ1) is 7.24. The minimum Gasteiger partial charge on any atom is -0.294 e. The van der Waals surface area contributed by atoms with Gasteiger partial charge >= 0.3 is 0 Å². The fraction of sp³-hybridized carbons (Fsp3) is 0.417. The second kappa shape index (κ2) is 6.62. The highest BCUT2D eigenvalue weighted by molar-refractivity contribution is 7.99. The van der Waals surface area contributed by atoms with Gasteiger partial charge in [-0.3, -0.25) is 4.79 Å². The summed E-state index contributed by atoms with van der Waals surface area (Å²) in [6.07, 6.45) is 1.67. The van der Waals surface area contributed by atoms with E-state index in [0.717, 1.165) is 17.9 Å². The second-order valence-electron chi connectivity index (χ2n) is 3.29. The third-order valence-electron chi connectivity index (χ3n) is 1.99. The van der Waals surface area contributed by atoms with Crippen LogP contribution in [0.15, 0.2) is 24.3 Å². The zero-order valence-electron chi connectivity index (χ0n) is 8.83. The molecule has 0 aromatic heterocycles. The van der Waals surface area contributed by atoms with Crippen LogP contribution >= 0.6 is 11.8 Å². The Hall–Kier alpha value is -0.830. The first kappa shape index (κ1) is 12.2. The van der Waals surface area contributed by atoms with Crippen molar-refractivity contribution in [2.45, 2.75) is 19.8 Å². The molecule has 3 heteroatoms. The molecule has 1 aromatic carbocycles. The Morgan fingerprint density at radius 3 is 2.53 bits per heavy atom. The van der Waals surface area contributed by atoms with E-state index < -0.39 is 0 Å². The molecule has 0 saturated heterocycles. The van der Waals surface area contributed by atoms with Crippen LogP contribution in [-0.4, -0.2) is 17.3 Å². The molecule has 0 aliphatic rings. The van der Waals surface area contributed by atoms with Crippen LogP contribution in [0.2, 0.25) is 0 Å². The highest BCUT2D eigenvalue weighted by Gasteiger charge is 2.04. The number of Topliss-reactive ketones (excluding diaryl/α,β-unsaturated/α-hetero) is 1. The predicted molar refractivity (Wildman–Crippen MR) is 63.0 cm³/mol. The van der Waals surface area contributed by atoms with Crippen molar-refractivity contribution < 1.29 is 9.18 Å². The Kier molecular flexibility index (Phi) is 5.40. The van der Waals surface area contributed by atoms with E-state index in [-0.39, 0.29) is 11.6 Å². The first-order valence-electron chi connectivity index (χ1n) is 5.10. The van der Waals surface area contributed by atoms with Gasteiger partial charge in [0.15, 0.2) is 5.78 Å². The molecule has 0 atom stereocenters. The van der Waals surface area contributed by atoms with Gasteiger partial charge in [0.05, 0.1) is 0 Å². The van der Waals surface area contributed by atoms with E-state index in [1.54, 1.807) is 23.9 Å². The van der Waals surface area contributed by atoms with Crippen molar-refractivity contribution in [2.75, 3.05) is 11.5 Å². The Balaban J connectivity index is 2.37. The van der Waals surface area contributed by atoms with Crippen molar-refractivity contribution in [3.8, 4) is 0 Å². The molecule has 15 heavy (non-hydrogen) atoms. The molecule has 1 aromatic rings. The Labute approximate surface area is 94.1 Å². The van der Waals surface area contributed by atoms with Crippen LogP contribution in [0, 0.1) is 5.82 Å². The molecular weight excluding hydrogens is 211 g/mol. The minimum atomic E-state index is -0.299. The fourth-order valence-electron chi connectivity index (χ4n) is 1.19. The summed E-state index contributed by atoms with van der Waals surface area (Å²) in [4.78, 5) is 11.6. The van der Waals surface area contributed by atoms with E-state index in [2.05, 4.69) is 6.92 Å². The predicted octanol–water partition coefficient (Wildman–Crippen LogP) is 3.54. The third-order valence-corrected chi connectivity index (χ3v) is 3.18. The molecule has 1 nitrogen and oxygen atoms in total. The van der Waals surface area contributed by atoms with Crippen molar-refractivity contribution >= 4 is 17.5 Å². The average molecular weight is 226 g/mol. The molecule has 0 N–H and O–H groups in total. The topological polar surface area (TPSA) is 17.1 Å². The van der Waals surface area contributed by atoms with E-state index in [1.165, 1.54) is 12.1 Å². The number of ketones is 1. The molecule has 0 saturated carbocycles. The summed E-state index contributed by atoms with van der Waals surface area (Å²) in [6.45, 7) is 2.12. The molecule has 0 bridgehead atoms. The lowest BCUT2D eigenvalue weighted by molar-refractivity contribution is 0.0989. The SMILES string of the molecule is CCCSCCC(=O)c1ccc(F)cc1. The number of rotatable bonds is 6. The number of benzene rings is 1. The number of thioether (sulfide) groups is 1. The lowest BCUT2D eigenvalue weighted by atomic mass is 10.1. The van der Waals surface area contributed by atoms with Crippen LogP contribution in [-0.2, 0) is 0 Å². The highest BCUT2D eigenvalue weighted by Crippen LogP contribution is 2.10. The van der Waals surface area contributed by atoms with E-state index in [1.807, 2.05) is 0 Å². The molecule has 0 aliphatic carbocycles. The lowest BCUT2D eigenvalue weighted by Gasteiger charge is -2.00. The van der Waals surface area contributed by atoms with Crippen LogP contribution in [0.3, 0.4) is 0 Å². The van der Waals surface area contributed by atoms with E-state index in [4.69, 9.17) is 0 Å².